The van der Waals surface area contributed by atoms with Crippen LogP contribution in [-0.4, -0.2) is 37.6 Å². The summed E-state index contributed by atoms with van der Waals surface area (Å²) in [7, 11) is 0. The van der Waals surface area contributed by atoms with Crippen molar-refractivity contribution in [3.05, 3.63) is 104 Å². The minimum Gasteiger partial charge on any atom is -0.411 e. The Morgan fingerprint density at radius 2 is 1.24 bits per heavy atom. The van der Waals surface area contributed by atoms with E-state index in [1.54, 1.807) is 12.4 Å². The minimum absolute atomic E-state index is 0.126. The number of aromatic nitrogens is 4. The van der Waals surface area contributed by atoms with Crippen LogP contribution in [0.4, 0.5) is 0 Å². The van der Waals surface area contributed by atoms with Crippen molar-refractivity contribution in [2.24, 2.45) is 5.16 Å². The van der Waals surface area contributed by atoms with Crippen LogP contribution in [0, 0.1) is 13.8 Å². The number of oxime groups is 1. The second-order valence-corrected chi connectivity index (χ2v) is 8.57. The Labute approximate surface area is 209 Å². The van der Waals surface area contributed by atoms with Gasteiger partial charge in [-0.1, -0.05) is 17.3 Å². The van der Waals surface area contributed by atoms with Gasteiger partial charge in [0.2, 0.25) is 0 Å². The Balaban J connectivity index is 0.000000152. The molecule has 4 heterocycles. The van der Waals surface area contributed by atoms with Crippen LogP contribution in [0.2, 0.25) is 0 Å². The molecular weight excluding hydrogens is 470 g/mol. The molecule has 3 N–H and O–H groups in total. The van der Waals surface area contributed by atoms with E-state index in [2.05, 4.69) is 25.1 Å². The van der Waals surface area contributed by atoms with E-state index in [-0.39, 0.29) is 16.6 Å². The summed E-state index contributed by atoms with van der Waals surface area (Å²) in [5, 5.41) is 14.6. The largest absolute Gasteiger partial charge is 0.411 e. The maximum Gasteiger partial charge on any atom is 0.190 e. The van der Waals surface area contributed by atoms with Gasteiger partial charge >= 0.3 is 0 Å². The molecule has 0 unspecified atom stereocenters. The summed E-state index contributed by atoms with van der Waals surface area (Å²) in [5.41, 5.74) is 5.14. The molecule has 0 spiro atoms. The van der Waals surface area contributed by atoms with E-state index in [4.69, 9.17) is 5.21 Å². The number of aryl methyl sites for hydroxylation is 2. The van der Waals surface area contributed by atoms with Gasteiger partial charge in [-0.25, -0.2) is 0 Å². The quantitative estimate of drug-likeness (QED) is 0.108. The Hall–Kier alpha value is -5.18. The van der Waals surface area contributed by atoms with Gasteiger partial charge < -0.3 is 15.2 Å². The molecule has 0 saturated carbocycles. The predicted octanol–water partition coefficient (Wildman–Crippen LogP) is 4.39. The zero-order valence-electron chi connectivity index (χ0n) is 19.9. The van der Waals surface area contributed by atoms with Gasteiger partial charge in [0.05, 0.1) is 39.7 Å². The highest BCUT2D eigenvalue weighted by atomic mass is 16.4. The number of H-pyrrole nitrogens is 2. The molecule has 0 atom stereocenters. The summed E-state index contributed by atoms with van der Waals surface area (Å²) < 4.78 is 0. The van der Waals surface area contributed by atoms with E-state index in [9.17, 15) is 14.4 Å². The van der Waals surface area contributed by atoms with Crippen LogP contribution in [0.25, 0.3) is 43.6 Å². The lowest BCUT2D eigenvalue weighted by Gasteiger charge is -2.06. The molecule has 37 heavy (non-hydrogen) atoms. The second-order valence-electron chi connectivity index (χ2n) is 8.57. The molecule has 6 aromatic rings. The Morgan fingerprint density at radius 1 is 0.757 bits per heavy atom. The van der Waals surface area contributed by atoms with Gasteiger partial charge in [-0.2, -0.15) is 0 Å². The summed E-state index contributed by atoms with van der Waals surface area (Å²) in [6.07, 6.45) is 5.18. The van der Waals surface area contributed by atoms with Gasteiger partial charge in [0.25, 0.3) is 0 Å². The van der Waals surface area contributed by atoms with Crippen molar-refractivity contribution in [3.8, 4) is 0 Å². The van der Waals surface area contributed by atoms with E-state index >= 15 is 0 Å². The van der Waals surface area contributed by atoms with Crippen molar-refractivity contribution in [1.82, 2.24) is 19.9 Å². The molecule has 0 saturated heterocycles. The van der Waals surface area contributed by atoms with Crippen molar-refractivity contribution in [2.75, 3.05) is 0 Å². The molecule has 0 aliphatic heterocycles. The number of aldehydes is 1. The molecule has 0 aliphatic rings. The molecule has 182 valence electrons. The summed E-state index contributed by atoms with van der Waals surface area (Å²) in [6, 6.07) is 14.0. The van der Waals surface area contributed by atoms with Crippen LogP contribution >= 0.6 is 0 Å². The molecule has 0 radical (unpaired) electrons. The van der Waals surface area contributed by atoms with Crippen molar-refractivity contribution in [3.63, 3.8) is 0 Å². The van der Waals surface area contributed by atoms with Crippen molar-refractivity contribution >= 4 is 56.1 Å². The number of pyridine rings is 4. The Bertz CT molecular complexity index is 1990. The zero-order valence-corrected chi connectivity index (χ0v) is 19.9. The topological polar surface area (TPSA) is 141 Å². The van der Waals surface area contributed by atoms with Gasteiger partial charge in [-0.05, 0) is 49.2 Å². The Morgan fingerprint density at radius 3 is 1.73 bits per heavy atom. The molecule has 0 fully saturated rings. The maximum atomic E-state index is 12.1. The first-order chi connectivity index (χ1) is 17.9. The van der Waals surface area contributed by atoms with Crippen LogP contribution in [0.1, 0.15) is 27.3 Å². The minimum atomic E-state index is -0.165. The number of fused-ring (bicyclic) bond motifs is 6. The van der Waals surface area contributed by atoms with Crippen LogP contribution in [-0.2, 0) is 0 Å². The monoisotopic (exact) mass is 491 g/mol. The first kappa shape index (κ1) is 23.6. The first-order valence-corrected chi connectivity index (χ1v) is 11.4. The summed E-state index contributed by atoms with van der Waals surface area (Å²) in [6.45, 7) is 3.89. The third-order valence-electron chi connectivity index (χ3n) is 6.17. The number of benzene rings is 2. The van der Waals surface area contributed by atoms with Crippen molar-refractivity contribution in [1.29, 1.82) is 0 Å². The molecule has 0 amide bonds. The number of hydrogen-bond donors (Lipinski definition) is 3. The molecule has 4 aromatic heterocycles. The van der Waals surface area contributed by atoms with Crippen LogP contribution in [0.3, 0.4) is 0 Å². The van der Waals surface area contributed by atoms with Crippen molar-refractivity contribution in [2.45, 2.75) is 13.8 Å². The van der Waals surface area contributed by atoms with Crippen LogP contribution in [0.15, 0.2) is 75.7 Å². The fraction of sp³-hybridized carbons (Fsp3) is 0.0714. The highest BCUT2D eigenvalue weighted by molar-refractivity contribution is 6.06. The molecule has 9 nitrogen and oxygen atoms in total. The summed E-state index contributed by atoms with van der Waals surface area (Å²) >= 11 is 0. The van der Waals surface area contributed by atoms with Crippen LogP contribution < -0.4 is 10.9 Å². The van der Waals surface area contributed by atoms with E-state index < -0.39 is 0 Å². The van der Waals surface area contributed by atoms with Gasteiger partial charge in [-0.15, -0.1) is 0 Å². The lowest BCUT2D eigenvalue weighted by Crippen LogP contribution is -2.06. The molecule has 0 aliphatic carbocycles. The lowest BCUT2D eigenvalue weighted by molar-refractivity contribution is 0.111. The molecule has 0 bridgehead atoms. The van der Waals surface area contributed by atoms with E-state index in [1.807, 2.05) is 50.2 Å². The molecule has 2 aromatic carbocycles. The SMILES string of the molecule is Cc1cc2c(=O)cc(/C=N/O)[nH]c2c2ncccc12.Cc1cc2c(=O)cc(C=O)[nH]c2c2ncccc12. The zero-order chi connectivity index (χ0) is 26.1. The Kier molecular flexibility index (Phi) is 6.02. The number of nitrogens with zero attached hydrogens (tertiary/aromatic N) is 3. The highest BCUT2D eigenvalue weighted by Gasteiger charge is 2.10. The average Bonchev–Trinajstić information content (AvgIpc) is 2.91. The fourth-order valence-corrected chi connectivity index (χ4v) is 4.47. The number of rotatable bonds is 2. The molecular formula is C28H21N5O4. The number of nitrogens with one attached hydrogen (secondary N) is 2. The third kappa shape index (κ3) is 4.23. The number of carbonyl (C=O) groups is 1. The van der Waals surface area contributed by atoms with E-state index in [0.29, 0.717) is 39.3 Å². The van der Waals surface area contributed by atoms with Gasteiger partial charge in [0, 0.05) is 46.1 Å². The normalized spacial score (nSPS) is 11.3. The van der Waals surface area contributed by atoms with Crippen LogP contribution in [0.5, 0.6) is 0 Å². The third-order valence-corrected chi connectivity index (χ3v) is 6.17. The first-order valence-electron chi connectivity index (χ1n) is 11.4. The van der Waals surface area contributed by atoms with Gasteiger partial charge in [0.1, 0.15) is 0 Å². The lowest BCUT2D eigenvalue weighted by atomic mass is 10.0. The second kappa shape index (κ2) is 9.46. The molecule has 9 heteroatoms. The summed E-state index contributed by atoms with van der Waals surface area (Å²) in [5.74, 6) is 0. The number of hydrogen-bond acceptors (Lipinski definition) is 7. The number of carbonyl (C=O) groups excluding carboxylic acids is 1. The standard InChI is InChI=1S/C14H11N3O2.C14H10N2O2/c1-8-5-11-12(18)6-9(7-16-19)17-14(11)13-10(8)3-2-4-15-13;1-8-5-11-12(18)6-9(7-17)16-14(11)13-10(8)3-2-4-15-13/h2-7,19H,1H3,(H,17,18);2-7H,1H3,(H,16,18)/b16-7+;. The highest BCUT2D eigenvalue weighted by Crippen LogP contribution is 2.24. The fourth-order valence-electron chi connectivity index (χ4n) is 4.47. The van der Waals surface area contributed by atoms with Crippen molar-refractivity contribution < 1.29 is 10.0 Å². The van der Waals surface area contributed by atoms with Gasteiger partial charge in [-0.3, -0.25) is 24.4 Å². The van der Waals surface area contributed by atoms with Gasteiger partial charge in [0.15, 0.2) is 17.1 Å². The summed E-state index contributed by atoms with van der Waals surface area (Å²) in [4.78, 5) is 49.5. The van der Waals surface area contributed by atoms with E-state index in [0.717, 1.165) is 27.4 Å². The maximum absolute atomic E-state index is 12.1. The predicted molar refractivity (Wildman–Crippen MR) is 144 cm³/mol. The number of aromatic amines is 2. The van der Waals surface area contributed by atoms with E-state index in [1.165, 1.54) is 18.3 Å². The average molecular weight is 492 g/mol. The smallest absolute Gasteiger partial charge is 0.190 e. The molecule has 6 rings (SSSR count).